The monoisotopic (exact) mass is 239 g/mol. The molecule has 2 heterocycles. The molecule has 0 amide bonds. The number of carbonyl (C=O) groups excluding carboxylic acids is 1. The van der Waals surface area contributed by atoms with E-state index in [1.165, 1.54) is 45.6 Å². The first-order chi connectivity index (χ1) is 8.33. The van der Waals surface area contributed by atoms with E-state index < -0.39 is 0 Å². The van der Waals surface area contributed by atoms with Crippen LogP contribution in [-0.4, -0.2) is 79.4 Å². The lowest BCUT2D eigenvalue weighted by Crippen LogP contribution is -2.53. The van der Waals surface area contributed by atoms with Gasteiger partial charge in [0.05, 0.1) is 6.54 Å². The third kappa shape index (κ3) is 3.50. The number of likely N-dealkylation sites (tertiary alicyclic amines) is 1. The molecule has 0 aromatic heterocycles. The maximum absolute atomic E-state index is 10.5. The van der Waals surface area contributed by atoms with Crippen LogP contribution in [0.4, 0.5) is 0 Å². The Morgan fingerprint density at radius 2 is 1.65 bits per heavy atom. The largest absolute Gasteiger partial charge is 0.302 e. The van der Waals surface area contributed by atoms with Crippen LogP contribution in [0.5, 0.6) is 0 Å². The summed E-state index contributed by atoms with van der Waals surface area (Å²) in [7, 11) is 0. The van der Waals surface area contributed by atoms with Crippen LogP contribution >= 0.6 is 0 Å². The van der Waals surface area contributed by atoms with Crippen LogP contribution in [0, 0.1) is 0 Å². The Morgan fingerprint density at radius 3 is 2.18 bits per heavy atom. The van der Waals surface area contributed by atoms with Gasteiger partial charge in [0.1, 0.15) is 6.29 Å². The number of carbonyl (C=O) groups is 1. The summed E-state index contributed by atoms with van der Waals surface area (Å²) in [5.74, 6) is 0. The Balaban J connectivity index is 1.72. The van der Waals surface area contributed by atoms with Crippen molar-refractivity contribution in [2.75, 3.05) is 52.4 Å². The minimum Gasteiger partial charge on any atom is -0.302 e. The van der Waals surface area contributed by atoms with E-state index in [0.717, 1.165) is 25.4 Å². The zero-order valence-electron chi connectivity index (χ0n) is 11.0. The highest BCUT2D eigenvalue weighted by Crippen LogP contribution is 2.17. The Kier molecular flexibility index (Phi) is 4.95. The van der Waals surface area contributed by atoms with Gasteiger partial charge in [-0.15, -0.1) is 0 Å². The summed E-state index contributed by atoms with van der Waals surface area (Å²) >= 11 is 0. The molecule has 0 radical (unpaired) electrons. The molecular weight excluding hydrogens is 214 g/mol. The van der Waals surface area contributed by atoms with Crippen molar-refractivity contribution in [2.24, 2.45) is 0 Å². The third-order valence-corrected chi connectivity index (χ3v) is 4.26. The first-order valence-electron chi connectivity index (χ1n) is 6.96. The van der Waals surface area contributed by atoms with E-state index >= 15 is 0 Å². The summed E-state index contributed by atoms with van der Waals surface area (Å²) in [4.78, 5) is 17.9. The second-order valence-corrected chi connectivity index (χ2v) is 5.17. The van der Waals surface area contributed by atoms with Crippen LogP contribution in [0.3, 0.4) is 0 Å². The van der Waals surface area contributed by atoms with Crippen molar-refractivity contribution in [1.29, 1.82) is 0 Å². The molecule has 0 aliphatic carbocycles. The maximum Gasteiger partial charge on any atom is 0.133 e. The van der Waals surface area contributed by atoms with Crippen molar-refractivity contribution >= 4 is 6.29 Å². The highest BCUT2D eigenvalue weighted by atomic mass is 16.1. The number of rotatable bonds is 4. The minimum atomic E-state index is 0.621. The van der Waals surface area contributed by atoms with E-state index in [1.807, 2.05) is 0 Å². The molecule has 17 heavy (non-hydrogen) atoms. The van der Waals surface area contributed by atoms with E-state index in [1.54, 1.807) is 0 Å². The summed E-state index contributed by atoms with van der Waals surface area (Å²) in [6.07, 6.45) is 3.50. The van der Waals surface area contributed by atoms with E-state index in [9.17, 15) is 4.79 Å². The summed E-state index contributed by atoms with van der Waals surface area (Å²) in [5, 5.41) is 0. The average molecular weight is 239 g/mol. The highest BCUT2D eigenvalue weighted by molar-refractivity contribution is 5.51. The van der Waals surface area contributed by atoms with Crippen LogP contribution < -0.4 is 0 Å². The topological polar surface area (TPSA) is 26.8 Å². The summed E-state index contributed by atoms with van der Waals surface area (Å²) in [6, 6.07) is 0.761. The fraction of sp³-hybridized carbons (Fsp3) is 0.923. The fourth-order valence-electron chi connectivity index (χ4n) is 3.02. The molecule has 0 unspecified atom stereocenters. The molecule has 2 saturated heterocycles. The van der Waals surface area contributed by atoms with Gasteiger partial charge in [-0.2, -0.15) is 0 Å². The molecule has 0 aromatic rings. The summed E-state index contributed by atoms with van der Waals surface area (Å²) in [5.41, 5.74) is 0. The normalized spacial score (nSPS) is 26.2. The molecule has 0 bridgehead atoms. The lowest BCUT2D eigenvalue weighted by molar-refractivity contribution is -0.109. The lowest BCUT2D eigenvalue weighted by Gasteiger charge is -2.42. The molecule has 0 atom stereocenters. The first kappa shape index (κ1) is 13.0. The second kappa shape index (κ2) is 6.47. The predicted molar refractivity (Wildman–Crippen MR) is 69.2 cm³/mol. The molecule has 2 fully saturated rings. The Labute approximate surface area is 105 Å². The molecule has 0 spiro atoms. The van der Waals surface area contributed by atoms with E-state index in [-0.39, 0.29) is 0 Å². The number of nitrogens with zero attached hydrogens (tertiary/aromatic N) is 3. The number of hydrogen-bond donors (Lipinski definition) is 0. The SMILES string of the molecule is CCN1CCN(C2CCN(CC=O)CC2)CC1. The van der Waals surface area contributed by atoms with E-state index in [4.69, 9.17) is 0 Å². The minimum absolute atomic E-state index is 0.621. The van der Waals surface area contributed by atoms with Gasteiger partial charge in [0.15, 0.2) is 0 Å². The van der Waals surface area contributed by atoms with Gasteiger partial charge in [-0.05, 0) is 19.4 Å². The zero-order chi connectivity index (χ0) is 12.1. The van der Waals surface area contributed by atoms with Crippen molar-refractivity contribution < 1.29 is 4.79 Å². The molecule has 98 valence electrons. The number of piperidine rings is 1. The van der Waals surface area contributed by atoms with E-state index in [2.05, 4.69) is 21.6 Å². The smallest absolute Gasteiger partial charge is 0.133 e. The quantitative estimate of drug-likeness (QED) is 0.659. The van der Waals surface area contributed by atoms with Crippen molar-refractivity contribution in [2.45, 2.75) is 25.8 Å². The van der Waals surface area contributed by atoms with Gasteiger partial charge in [0.25, 0.3) is 0 Å². The lowest BCUT2D eigenvalue weighted by atomic mass is 10.0. The fourth-order valence-corrected chi connectivity index (χ4v) is 3.02. The standard InChI is InChI=1S/C13H25N3O/c1-2-14-7-9-16(10-8-14)13-3-5-15(6-4-13)11-12-17/h12-13H,2-11H2,1H3. The average Bonchev–Trinajstić information content (AvgIpc) is 2.40. The van der Waals surface area contributed by atoms with Gasteiger partial charge in [0, 0.05) is 45.3 Å². The summed E-state index contributed by atoms with van der Waals surface area (Å²) < 4.78 is 0. The Morgan fingerprint density at radius 1 is 1.00 bits per heavy atom. The molecular formula is C13H25N3O. The van der Waals surface area contributed by atoms with Crippen molar-refractivity contribution in [3.05, 3.63) is 0 Å². The van der Waals surface area contributed by atoms with Gasteiger partial charge in [-0.25, -0.2) is 0 Å². The Hall–Kier alpha value is -0.450. The second-order valence-electron chi connectivity index (χ2n) is 5.17. The van der Waals surface area contributed by atoms with Crippen LogP contribution in [0.15, 0.2) is 0 Å². The molecule has 2 aliphatic rings. The summed E-state index contributed by atoms with van der Waals surface area (Å²) in [6.45, 7) is 11.2. The Bertz CT molecular complexity index is 231. The molecule has 0 N–H and O–H groups in total. The van der Waals surface area contributed by atoms with Gasteiger partial charge < -0.3 is 9.69 Å². The highest BCUT2D eigenvalue weighted by Gasteiger charge is 2.26. The zero-order valence-corrected chi connectivity index (χ0v) is 11.0. The molecule has 0 aromatic carbocycles. The van der Waals surface area contributed by atoms with Crippen LogP contribution in [0.2, 0.25) is 0 Å². The van der Waals surface area contributed by atoms with Crippen LogP contribution in [0.1, 0.15) is 19.8 Å². The molecule has 4 heteroatoms. The van der Waals surface area contributed by atoms with Crippen molar-refractivity contribution in [3.8, 4) is 0 Å². The predicted octanol–water partition coefficient (Wildman–Crippen LogP) is 0.287. The van der Waals surface area contributed by atoms with Gasteiger partial charge in [0.2, 0.25) is 0 Å². The van der Waals surface area contributed by atoms with E-state index in [0.29, 0.717) is 6.54 Å². The van der Waals surface area contributed by atoms with Crippen LogP contribution in [0.25, 0.3) is 0 Å². The van der Waals surface area contributed by atoms with Crippen molar-refractivity contribution in [1.82, 2.24) is 14.7 Å². The van der Waals surface area contributed by atoms with Gasteiger partial charge in [-0.3, -0.25) is 9.80 Å². The number of piperazine rings is 1. The number of hydrogen-bond acceptors (Lipinski definition) is 4. The molecule has 2 rings (SSSR count). The van der Waals surface area contributed by atoms with Gasteiger partial charge in [-0.1, -0.05) is 6.92 Å². The third-order valence-electron chi connectivity index (χ3n) is 4.26. The first-order valence-corrected chi connectivity index (χ1v) is 6.96. The number of likely N-dealkylation sites (N-methyl/N-ethyl adjacent to an activating group) is 1. The maximum atomic E-state index is 10.5. The van der Waals surface area contributed by atoms with Crippen LogP contribution in [-0.2, 0) is 4.79 Å². The molecule has 2 aliphatic heterocycles. The van der Waals surface area contributed by atoms with Crippen molar-refractivity contribution in [3.63, 3.8) is 0 Å². The number of aldehydes is 1. The molecule has 4 nitrogen and oxygen atoms in total. The molecule has 0 saturated carbocycles. The van der Waals surface area contributed by atoms with Gasteiger partial charge >= 0.3 is 0 Å².